The van der Waals surface area contributed by atoms with Crippen molar-refractivity contribution in [3.8, 4) is 0 Å². The monoisotopic (exact) mass is 391 g/mol. The molecule has 8 heteroatoms. The second kappa shape index (κ2) is 4.71. The lowest BCUT2D eigenvalue weighted by molar-refractivity contribution is 1.52. The van der Waals surface area contributed by atoms with Crippen LogP contribution in [0.1, 0.15) is 11.1 Å². The quantitative estimate of drug-likeness (QED) is 0.263. The van der Waals surface area contributed by atoms with E-state index in [9.17, 15) is 0 Å². The number of allylic oxidation sites excluding steroid dienone is 2. The third-order valence-electron chi connectivity index (χ3n) is 2.79. The zero-order valence-corrected chi connectivity index (χ0v) is 13.9. The molecule has 0 radical (unpaired) electrons. The van der Waals surface area contributed by atoms with E-state index < -0.39 is 0 Å². The highest BCUT2D eigenvalue weighted by Gasteiger charge is 2.38. The Labute approximate surface area is 143 Å². The zero-order chi connectivity index (χ0) is 14.1. The van der Waals surface area contributed by atoms with Crippen molar-refractivity contribution in [2.75, 3.05) is 0 Å². The van der Waals surface area contributed by atoms with Gasteiger partial charge in [0.2, 0.25) is 0 Å². The van der Waals surface area contributed by atoms with Gasteiger partial charge in [-0.15, -0.1) is 0 Å². The summed E-state index contributed by atoms with van der Waals surface area (Å²) < 4.78 is 0. The molecule has 0 saturated carbocycles. The van der Waals surface area contributed by atoms with Gasteiger partial charge in [0.25, 0.3) is 0 Å². The van der Waals surface area contributed by atoms with Crippen LogP contribution in [0.5, 0.6) is 0 Å². The molecule has 0 bridgehead atoms. The fourth-order valence-corrected chi connectivity index (χ4v) is 3.89. The Balaban J connectivity index is 2.45. The third-order valence-corrected chi connectivity index (χ3v) is 5.71. The van der Waals surface area contributed by atoms with Crippen molar-refractivity contribution in [3.63, 3.8) is 0 Å². The van der Waals surface area contributed by atoms with E-state index in [-0.39, 0.29) is 30.3 Å². The summed E-state index contributed by atoms with van der Waals surface area (Å²) in [4.78, 5) is 4.14. The number of rotatable bonds is 0. The van der Waals surface area contributed by atoms with E-state index in [1.807, 2.05) is 0 Å². The number of hydrogen-bond donors (Lipinski definition) is 0. The first kappa shape index (κ1) is 14.3. The zero-order valence-electron chi connectivity index (χ0n) is 8.59. The molecule has 0 fully saturated rings. The van der Waals surface area contributed by atoms with Gasteiger partial charge in [-0.3, -0.25) is 0 Å². The first-order valence-electron chi connectivity index (χ1n) is 4.77. The van der Waals surface area contributed by atoms with Crippen LogP contribution in [0, 0.1) is 0 Å². The highest BCUT2D eigenvalue weighted by atomic mass is 35.5. The summed E-state index contributed by atoms with van der Waals surface area (Å²) in [5.74, 6) is 0. The topological polar surface area (TPSA) is 12.4 Å². The molecule has 1 nitrogen and oxygen atoms in total. The van der Waals surface area contributed by atoms with Gasteiger partial charge in [0.15, 0.2) is 0 Å². The van der Waals surface area contributed by atoms with Gasteiger partial charge in [-0.2, -0.15) is 0 Å². The first-order chi connectivity index (χ1) is 8.86. The first-order valence-corrected chi connectivity index (χ1v) is 7.42. The second-order valence-electron chi connectivity index (χ2n) is 3.76. The highest BCUT2D eigenvalue weighted by molar-refractivity contribution is 6.64. The van der Waals surface area contributed by atoms with Crippen molar-refractivity contribution in [1.82, 2.24) is 0 Å². The maximum Gasteiger partial charge on any atom is 0.149 e. The summed E-state index contributed by atoms with van der Waals surface area (Å²) in [6, 6.07) is 0. The lowest BCUT2D eigenvalue weighted by atomic mass is 10.1. The Bertz CT molecular complexity index is 742. The van der Waals surface area contributed by atoms with Gasteiger partial charge in [-0.1, -0.05) is 81.2 Å². The fourth-order valence-electron chi connectivity index (χ4n) is 1.98. The summed E-state index contributed by atoms with van der Waals surface area (Å²) >= 11 is 42.7. The lowest BCUT2D eigenvalue weighted by Gasteiger charge is -2.10. The van der Waals surface area contributed by atoms with Crippen LogP contribution in [0.4, 0.5) is 0 Å². The molecule has 0 spiro atoms. The van der Waals surface area contributed by atoms with E-state index in [2.05, 4.69) is 4.99 Å². The SMILES string of the molecule is ClC1=C(Cl)C2=C(Cl)c3c(Cl)c(Cl)c(Cl)c(Cl)c3C2=N1. The van der Waals surface area contributed by atoms with E-state index in [1.165, 1.54) is 0 Å². The molecule has 0 amide bonds. The van der Waals surface area contributed by atoms with Crippen molar-refractivity contribution < 1.29 is 0 Å². The highest BCUT2D eigenvalue weighted by Crippen LogP contribution is 2.53. The number of aliphatic imine (C=N–C) groups is 1. The molecular formula is C11Cl7N. The molecule has 2 aliphatic rings. The smallest absolute Gasteiger partial charge is 0.149 e. The maximum absolute atomic E-state index is 6.28. The molecule has 0 aromatic heterocycles. The standard InChI is InChI=1S/C11Cl7N/c12-4-1-2(6(14)9(17)8(16)5(1)13)10-3(4)7(15)11(18)19-10. The number of nitrogens with zero attached hydrogens (tertiary/aromatic N) is 1. The van der Waals surface area contributed by atoms with Crippen molar-refractivity contribution >= 4 is 92.0 Å². The Morgan fingerprint density at radius 1 is 0.579 bits per heavy atom. The fraction of sp³-hybridized carbons (Fsp3) is 0. The van der Waals surface area contributed by atoms with E-state index in [4.69, 9.17) is 81.2 Å². The van der Waals surface area contributed by atoms with Gasteiger partial charge in [-0.25, -0.2) is 4.99 Å². The molecule has 1 aliphatic carbocycles. The van der Waals surface area contributed by atoms with Gasteiger partial charge in [0.1, 0.15) is 5.16 Å². The van der Waals surface area contributed by atoms with Crippen molar-refractivity contribution in [2.45, 2.75) is 0 Å². The predicted octanol–water partition coefficient (Wildman–Crippen LogP) is 6.71. The average molecular weight is 394 g/mol. The van der Waals surface area contributed by atoms with Crippen LogP contribution in [0.15, 0.2) is 20.8 Å². The van der Waals surface area contributed by atoms with Crippen LogP contribution in [0.25, 0.3) is 5.03 Å². The normalized spacial score (nSPS) is 17.1. The van der Waals surface area contributed by atoms with E-state index in [0.29, 0.717) is 27.4 Å². The minimum absolute atomic E-state index is 0.137. The summed E-state index contributed by atoms with van der Waals surface area (Å²) in [6.45, 7) is 0. The van der Waals surface area contributed by atoms with Gasteiger partial charge < -0.3 is 0 Å². The Hall–Kier alpha value is 0.400. The maximum atomic E-state index is 6.28. The minimum atomic E-state index is 0.137. The van der Waals surface area contributed by atoms with Crippen LogP contribution >= 0.6 is 81.2 Å². The molecule has 19 heavy (non-hydrogen) atoms. The molecule has 0 atom stereocenters. The second-order valence-corrected chi connectivity index (χ2v) is 6.39. The summed E-state index contributed by atoms with van der Waals surface area (Å²) in [5, 5.41) is 1.40. The summed E-state index contributed by atoms with van der Waals surface area (Å²) in [6.07, 6.45) is 0. The van der Waals surface area contributed by atoms with Crippen LogP contribution in [0.3, 0.4) is 0 Å². The van der Waals surface area contributed by atoms with Gasteiger partial charge in [-0.05, 0) is 0 Å². The van der Waals surface area contributed by atoms with Gasteiger partial charge in [0.05, 0.1) is 35.9 Å². The number of halogens is 7. The lowest BCUT2D eigenvalue weighted by Crippen LogP contribution is -1.99. The van der Waals surface area contributed by atoms with Crippen LogP contribution in [0.2, 0.25) is 20.1 Å². The molecule has 1 aliphatic heterocycles. The molecule has 1 aromatic rings. The molecule has 3 rings (SSSR count). The molecular weight excluding hydrogens is 394 g/mol. The van der Waals surface area contributed by atoms with E-state index >= 15 is 0 Å². The Morgan fingerprint density at radius 2 is 1.11 bits per heavy atom. The molecule has 1 heterocycles. The molecule has 98 valence electrons. The largest absolute Gasteiger partial charge is 0.234 e. The Kier molecular flexibility index (Phi) is 3.55. The van der Waals surface area contributed by atoms with Crippen molar-refractivity contribution in [2.24, 2.45) is 4.99 Å². The van der Waals surface area contributed by atoms with Crippen LogP contribution in [-0.2, 0) is 0 Å². The molecule has 0 saturated heterocycles. The summed E-state index contributed by atoms with van der Waals surface area (Å²) in [5.41, 5.74) is 1.92. The molecule has 1 aromatic carbocycles. The van der Waals surface area contributed by atoms with Crippen molar-refractivity contribution in [3.05, 3.63) is 47.0 Å². The predicted molar refractivity (Wildman–Crippen MR) is 84.5 cm³/mol. The number of hydrogen-bond acceptors (Lipinski definition) is 1. The van der Waals surface area contributed by atoms with E-state index in [0.717, 1.165) is 0 Å². The van der Waals surface area contributed by atoms with Crippen LogP contribution < -0.4 is 0 Å². The average Bonchev–Trinajstić information content (AvgIpc) is 2.81. The van der Waals surface area contributed by atoms with Crippen molar-refractivity contribution in [1.29, 1.82) is 0 Å². The molecule has 0 unspecified atom stereocenters. The Morgan fingerprint density at radius 3 is 1.68 bits per heavy atom. The number of fused-ring (bicyclic) bond motifs is 3. The minimum Gasteiger partial charge on any atom is -0.234 e. The number of benzene rings is 1. The summed E-state index contributed by atoms with van der Waals surface area (Å²) in [7, 11) is 0. The third kappa shape index (κ3) is 1.80. The van der Waals surface area contributed by atoms with E-state index in [1.54, 1.807) is 0 Å². The van der Waals surface area contributed by atoms with Gasteiger partial charge in [0, 0.05) is 16.7 Å². The van der Waals surface area contributed by atoms with Gasteiger partial charge >= 0.3 is 0 Å². The molecule has 0 N–H and O–H groups in total. The van der Waals surface area contributed by atoms with Crippen LogP contribution in [-0.4, -0.2) is 5.71 Å².